The summed E-state index contributed by atoms with van der Waals surface area (Å²) in [6.45, 7) is 0.305. The molecular weight excluding hydrogens is 245 g/mol. The minimum atomic E-state index is -4.51. The van der Waals surface area contributed by atoms with Gasteiger partial charge in [0.05, 0.1) is 6.07 Å². The molecule has 8 heteroatoms. The third-order valence-corrected chi connectivity index (χ3v) is 2.35. The molecule has 1 heterocycles. The van der Waals surface area contributed by atoms with E-state index in [0.29, 0.717) is 10.6 Å². The number of aromatic nitrogens is 2. The van der Waals surface area contributed by atoms with E-state index in [0.717, 1.165) is 4.57 Å². The fourth-order valence-corrected chi connectivity index (χ4v) is 1.60. The zero-order valence-electron chi connectivity index (χ0n) is 8.28. The van der Waals surface area contributed by atoms with E-state index in [2.05, 4.69) is 0 Å². The van der Waals surface area contributed by atoms with Crippen LogP contribution in [0.3, 0.4) is 0 Å². The van der Waals surface area contributed by atoms with E-state index in [1.54, 1.807) is 6.92 Å². The maximum Gasteiger partial charge on any atom is 0.406 e. The van der Waals surface area contributed by atoms with Crippen LogP contribution in [0.2, 0.25) is 0 Å². The first kappa shape index (κ1) is 12.8. The molecule has 0 radical (unpaired) electrons. The Hall–Kier alpha value is -1.31. The SMILES string of the molecule is CCn1c(=O)cc(O)n(CC(F)(F)F)c1=S. The Morgan fingerprint density at radius 1 is 1.44 bits per heavy atom. The highest BCUT2D eigenvalue weighted by Gasteiger charge is 2.29. The third kappa shape index (κ3) is 2.63. The lowest BCUT2D eigenvalue weighted by molar-refractivity contribution is -0.142. The minimum Gasteiger partial charge on any atom is -0.494 e. The lowest BCUT2D eigenvalue weighted by Gasteiger charge is -2.14. The van der Waals surface area contributed by atoms with Crippen LogP contribution in [-0.2, 0) is 13.1 Å². The molecule has 4 nitrogen and oxygen atoms in total. The van der Waals surface area contributed by atoms with E-state index in [-0.39, 0.29) is 11.3 Å². The molecule has 1 rings (SSSR count). The van der Waals surface area contributed by atoms with Crippen molar-refractivity contribution < 1.29 is 18.3 Å². The number of nitrogens with zero attached hydrogens (tertiary/aromatic N) is 2. The maximum atomic E-state index is 12.2. The van der Waals surface area contributed by atoms with Gasteiger partial charge in [-0.1, -0.05) is 0 Å². The predicted molar refractivity (Wildman–Crippen MR) is 52.9 cm³/mol. The number of rotatable bonds is 2. The van der Waals surface area contributed by atoms with E-state index < -0.39 is 24.2 Å². The number of aromatic hydroxyl groups is 1. The first-order chi connectivity index (χ1) is 7.26. The second kappa shape index (κ2) is 4.28. The van der Waals surface area contributed by atoms with Crippen LogP contribution in [0.15, 0.2) is 10.9 Å². The monoisotopic (exact) mass is 254 g/mol. The van der Waals surface area contributed by atoms with Crippen LogP contribution >= 0.6 is 12.2 Å². The molecule has 0 fully saturated rings. The summed E-state index contributed by atoms with van der Waals surface area (Å²) in [6.07, 6.45) is -4.51. The predicted octanol–water partition coefficient (Wildman–Crippen LogP) is 1.67. The van der Waals surface area contributed by atoms with Gasteiger partial charge in [0, 0.05) is 6.54 Å². The van der Waals surface area contributed by atoms with Gasteiger partial charge < -0.3 is 5.11 Å². The molecule has 0 saturated heterocycles. The van der Waals surface area contributed by atoms with Crippen LogP contribution < -0.4 is 5.56 Å². The zero-order valence-corrected chi connectivity index (χ0v) is 9.10. The molecule has 1 N–H and O–H groups in total. The van der Waals surface area contributed by atoms with Gasteiger partial charge in [-0.2, -0.15) is 13.2 Å². The zero-order chi connectivity index (χ0) is 12.5. The van der Waals surface area contributed by atoms with Crippen molar-refractivity contribution in [3.05, 3.63) is 21.2 Å². The molecule has 16 heavy (non-hydrogen) atoms. The second-order valence-corrected chi connectivity index (χ2v) is 3.43. The summed E-state index contributed by atoms with van der Waals surface area (Å²) in [5, 5.41) is 9.24. The number of alkyl halides is 3. The highest BCUT2D eigenvalue weighted by molar-refractivity contribution is 7.71. The topological polar surface area (TPSA) is 47.2 Å². The maximum absolute atomic E-state index is 12.2. The molecular formula is C8H9F3N2O2S. The van der Waals surface area contributed by atoms with Gasteiger partial charge in [-0.15, -0.1) is 0 Å². The summed E-state index contributed by atoms with van der Waals surface area (Å²) in [5.41, 5.74) is -0.622. The lowest BCUT2D eigenvalue weighted by Crippen LogP contribution is -2.27. The summed E-state index contributed by atoms with van der Waals surface area (Å²) in [6, 6.07) is 0.713. The molecule has 0 bridgehead atoms. The molecule has 0 unspecified atom stereocenters. The van der Waals surface area contributed by atoms with Crippen molar-refractivity contribution in [1.82, 2.24) is 9.13 Å². The number of hydrogen-bond donors (Lipinski definition) is 1. The molecule has 90 valence electrons. The molecule has 0 aliphatic rings. The van der Waals surface area contributed by atoms with Crippen LogP contribution in [-0.4, -0.2) is 20.4 Å². The van der Waals surface area contributed by atoms with Crippen LogP contribution in [0.4, 0.5) is 13.2 Å². The average Bonchev–Trinajstić information content (AvgIpc) is 2.11. The van der Waals surface area contributed by atoms with Crippen LogP contribution in [0.25, 0.3) is 0 Å². The van der Waals surface area contributed by atoms with E-state index >= 15 is 0 Å². The molecule has 0 aliphatic heterocycles. The van der Waals surface area contributed by atoms with Gasteiger partial charge in [-0.25, -0.2) is 0 Å². The Bertz CT molecular complexity index is 503. The van der Waals surface area contributed by atoms with Crippen molar-refractivity contribution in [2.24, 2.45) is 0 Å². The van der Waals surface area contributed by atoms with E-state index in [1.165, 1.54) is 0 Å². The molecule has 1 aromatic heterocycles. The van der Waals surface area contributed by atoms with Gasteiger partial charge in [0.1, 0.15) is 6.54 Å². The Morgan fingerprint density at radius 3 is 2.44 bits per heavy atom. The van der Waals surface area contributed by atoms with Crippen molar-refractivity contribution in [3.63, 3.8) is 0 Å². The normalized spacial score (nSPS) is 11.8. The summed E-state index contributed by atoms with van der Waals surface area (Å²) in [4.78, 5) is 11.3. The van der Waals surface area contributed by atoms with Crippen molar-refractivity contribution in [2.45, 2.75) is 26.2 Å². The number of hydrogen-bond acceptors (Lipinski definition) is 3. The van der Waals surface area contributed by atoms with Gasteiger partial charge in [-0.05, 0) is 19.1 Å². The molecule has 0 spiro atoms. The minimum absolute atomic E-state index is 0.149. The fourth-order valence-electron chi connectivity index (χ4n) is 1.22. The van der Waals surface area contributed by atoms with Gasteiger partial charge in [0.2, 0.25) is 0 Å². The Morgan fingerprint density at radius 2 is 2.00 bits per heavy atom. The first-order valence-corrected chi connectivity index (χ1v) is 4.77. The number of halogens is 3. The van der Waals surface area contributed by atoms with Gasteiger partial charge in [0.25, 0.3) is 5.56 Å². The highest BCUT2D eigenvalue weighted by Crippen LogP contribution is 2.20. The largest absolute Gasteiger partial charge is 0.494 e. The standard InChI is InChI=1S/C8H9F3N2O2S/c1-2-12-5(14)3-6(15)13(7(12)16)4-8(9,10)11/h3,15H,2,4H2,1H3. The van der Waals surface area contributed by atoms with Crippen LogP contribution in [0, 0.1) is 4.77 Å². The third-order valence-electron chi connectivity index (χ3n) is 1.91. The van der Waals surface area contributed by atoms with Crippen molar-refractivity contribution in [3.8, 4) is 5.88 Å². The fraction of sp³-hybridized carbons (Fsp3) is 0.500. The van der Waals surface area contributed by atoms with Gasteiger partial charge in [0.15, 0.2) is 10.7 Å². The lowest BCUT2D eigenvalue weighted by atomic mass is 10.5. The summed E-state index contributed by atoms with van der Waals surface area (Å²) < 4.78 is 37.6. The molecule has 1 aromatic rings. The summed E-state index contributed by atoms with van der Waals surface area (Å²) in [7, 11) is 0. The summed E-state index contributed by atoms with van der Waals surface area (Å²) >= 11 is 4.70. The molecule has 0 saturated carbocycles. The van der Waals surface area contributed by atoms with Crippen LogP contribution in [0.5, 0.6) is 5.88 Å². The van der Waals surface area contributed by atoms with Gasteiger partial charge in [-0.3, -0.25) is 13.9 Å². The van der Waals surface area contributed by atoms with Crippen molar-refractivity contribution >= 4 is 12.2 Å². The molecule has 0 amide bonds. The van der Waals surface area contributed by atoms with Crippen LogP contribution in [0.1, 0.15) is 6.92 Å². The highest BCUT2D eigenvalue weighted by atomic mass is 32.1. The molecule has 0 aliphatic carbocycles. The average molecular weight is 254 g/mol. The Labute approximate surface area is 93.6 Å². The molecule has 0 atom stereocenters. The Balaban J connectivity index is 3.41. The van der Waals surface area contributed by atoms with E-state index in [1.807, 2.05) is 0 Å². The molecule has 0 aromatic carbocycles. The second-order valence-electron chi connectivity index (χ2n) is 3.07. The van der Waals surface area contributed by atoms with Crippen molar-refractivity contribution in [2.75, 3.05) is 0 Å². The van der Waals surface area contributed by atoms with E-state index in [9.17, 15) is 23.1 Å². The smallest absolute Gasteiger partial charge is 0.406 e. The van der Waals surface area contributed by atoms with Gasteiger partial charge >= 0.3 is 6.18 Å². The van der Waals surface area contributed by atoms with E-state index in [4.69, 9.17) is 12.2 Å². The Kier molecular flexibility index (Phi) is 3.41. The van der Waals surface area contributed by atoms with Crippen molar-refractivity contribution in [1.29, 1.82) is 0 Å². The quantitative estimate of drug-likeness (QED) is 0.817. The summed E-state index contributed by atoms with van der Waals surface area (Å²) in [5.74, 6) is -0.781. The first-order valence-electron chi connectivity index (χ1n) is 4.36.